The highest BCUT2D eigenvalue weighted by molar-refractivity contribution is 4.57. The second-order valence-electron chi connectivity index (χ2n) is 3.07. The Hall–Kier alpha value is -0.0400. The van der Waals surface area contributed by atoms with Crippen LogP contribution in [0, 0.1) is 0 Å². The Morgan fingerprint density at radius 2 is 2.33 bits per heavy atom. The topological polar surface area (TPSA) is 16.6 Å². The molecule has 1 saturated heterocycles. The maximum atomic E-state index is 2.52. The van der Waals surface area contributed by atoms with E-state index in [0.717, 1.165) is 6.04 Å². The average Bonchev–Trinajstić information content (AvgIpc) is 1.91. The fraction of sp³-hybridized carbons (Fsp3) is 1.00. The number of piperidine rings is 1. The molecule has 0 aromatic heterocycles. The summed E-state index contributed by atoms with van der Waals surface area (Å²) in [5, 5.41) is 2.52. The van der Waals surface area contributed by atoms with Crippen molar-refractivity contribution < 1.29 is 5.32 Å². The van der Waals surface area contributed by atoms with E-state index >= 15 is 0 Å². The summed E-state index contributed by atoms with van der Waals surface area (Å²) in [7, 11) is 0. The Bertz CT molecular complexity index is 62.2. The average molecular weight is 128 g/mol. The number of hydrogen-bond donors (Lipinski definition) is 1. The predicted octanol–water partition coefficient (Wildman–Crippen LogP) is 0.902. The van der Waals surface area contributed by atoms with Crippen molar-refractivity contribution in [1.82, 2.24) is 0 Å². The molecule has 0 aromatic carbocycles. The fourth-order valence-corrected chi connectivity index (χ4v) is 1.66. The number of nitrogens with two attached hydrogens (primary N) is 1. The van der Waals surface area contributed by atoms with Crippen molar-refractivity contribution in [2.45, 2.75) is 45.1 Å². The van der Waals surface area contributed by atoms with Gasteiger partial charge in [0.05, 0.1) is 12.6 Å². The first kappa shape index (κ1) is 7.07. The van der Waals surface area contributed by atoms with Crippen LogP contribution in [0.5, 0.6) is 0 Å². The van der Waals surface area contributed by atoms with Crippen LogP contribution in [0.4, 0.5) is 0 Å². The zero-order valence-corrected chi connectivity index (χ0v) is 6.40. The SMILES string of the molecule is CCCC1CCCC[NH2+]1. The highest BCUT2D eigenvalue weighted by Crippen LogP contribution is 2.05. The molecule has 0 aromatic rings. The molecule has 54 valence electrons. The van der Waals surface area contributed by atoms with Gasteiger partial charge in [0, 0.05) is 0 Å². The minimum absolute atomic E-state index is 0.976. The maximum Gasteiger partial charge on any atom is 0.0859 e. The van der Waals surface area contributed by atoms with Gasteiger partial charge in [-0.25, -0.2) is 0 Å². The standard InChI is InChI=1S/C8H17N/c1-2-5-8-6-3-4-7-9-8/h8-9H,2-7H2,1H3/p+1. The summed E-state index contributed by atoms with van der Waals surface area (Å²) in [6, 6.07) is 0.976. The highest BCUT2D eigenvalue weighted by Gasteiger charge is 2.13. The molecule has 0 spiro atoms. The van der Waals surface area contributed by atoms with E-state index in [4.69, 9.17) is 0 Å². The summed E-state index contributed by atoms with van der Waals surface area (Å²) in [6.07, 6.45) is 7.18. The molecule has 9 heavy (non-hydrogen) atoms. The first-order chi connectivity index (χ1) is 4.43. The third kappa shape index (κ3) is 2.35. The van der Waals surface area contributed by atoms with Crippen molar-refractivity contribution in [2.75, 3.05) is 6.54 Å². The van der Waals surface area contributed by atoms with Gasteiger partial charge in [0.15, 0.2) is 0 Å². The van der Waals surface area contributed by atoms with E-state index in [1.165, 1.54) is 38.6 Å². The molecule has 1 aliphatic rings. The number of quaternary nitrogens is 1. The van der Waals surface area contributed by atoms with Crippen LogP contribution in [0.25, 0.3) is 0 Å². The minimum Gasteiger partial charge on any atom is -0.344 e. The lowest BCUT2D eigenvalue weighted by atomic mass is 10.0. The van der Waals surface area contributed by atoms with Gasteiger partial charge in [-0.2, -0.15) is 0 Å². The summed E-state index contributed by atoms with van der Waals surface area (Å²) in [5.41, 5.74) is 0. The molecule has 0 aliphatic carbocycles. The van der Waals surface area contributed by atoms with Crippen molar-refractivity contribution in [3.05, 3.63) is 0 Å². The molecule has 0 amide bonds. The predicted molar refractivity (Wildman–Crippen MR) is 39.3 cm³/mol. The van der Waals surface area contributed by atoms with Crippen LogP contribution in [0.3, 0.4) is 0 Å². The summed E-state index contributed by atoms with van der Waals surface area (Å²) < 4.78 is 0. The maximum absolute atomic E-state index is 2.52. The Balaban J connectivity index is 2.08. The zero-order chi connectivity index (χ0) is 6.53. The molecule has 1 fully saturated rings. The third-order valence-corrected chi connectivity index (χ3v) is 2.19. The molecule has 1 heterocycles. The summed E-state index contributed by atoms with van der Waals surface area (Å²) in [4.78, 5) is 0. The largest absolute Gasteiger partial charge is 0.344 e. The Morgan fingerprint density at radius 1 is 1.44 bits per heavy atom. The van der Waals surface area contributed by atoms with Crippen LogP contribution in [0.2, 0.25) is 0 Å². The van der Waals surface area contributed by atoms with Crippen LogP contribution >= 0.6 is 0 Å². The Morgan fingerprint density at radius 3 is 2.89 bits per heavy atom. The first-order valence-corrected chi connectivity index (χ1v) is 4.27. The van der Waals surface area contributed by atoms with Gasteiger partial charge in [0.25, 0.3) is 0 Å². The molecule has 1 nitrogen and oxygen atoms in total. The lowest BCUT2D eigenvalue weighted by Crippen LogP contribution is -2.91. The van der Waals surface area contributed by atoms with Crippen molar-refractivity contribution in [3.63, 3.8) is 0 Å². The van der Waals surface area contributed by atoms with Gasteiger partial charge in [-0.15, -0.1) is 0 Å². The molecule has 0 bridgehead atoms. The van der Waals surface area contributed by atoms with Gasteiger partial charge < -0.3 is 5.32 Å². The van der Waals surface area contributed by atoms with Gasteiger partial charge in [0.1, 0.15) is 0 Å². The minimum atomic E-state index is 0.976. The molecule has 1 unspecified atom stereocenters. The van der Waals surface area contributed by atoms with E-state index < -0.39 is 0 Å². The van der Waals surface area contributed by atoms with Crippen molar-refractivity contribution in [2.24, 2.45) is 0 Å². The summed E-state index contributed by atoms with van der Waals surface area (Å²) in [6.45, 7) is 3.66. The lowest BCUT2D eigenvalue weighted by Gasteiger charge is -2.18. The zero-order valence-electron chi connectivity index (χ0n) is 6.40. The highest BCUT2D eigenvalue weighted by atomic mass is 14.9. The van der Waals surface area contributed by atoms with Crippen molar-refractivity contribution >= 4 is 0 Å². The number of hydrogen-bond acceptors (Lipinski definition) is 0. The molecule has 1 aliphatic heterocycles. The molecular formula is C8H18N+. The molecule has 1 rings (SSSR count). The molecule has 0 saturated carbocycles. The lowest BCUT2D eigenvalue weighted by molar-refractivity contribution is -0.697. The van der Waals surface area contributed by atoms with E-state index in [1.807, 2.05) is 0 Å². The van der Waals surface area contributed by atoms with E-state index in [2.05, 4.69) is 12.2 Å². The number of rotatable bonds is 2. The summed E-state index contributed by atoms with van der Waals surface area (Å²) >= 11 is 0. The van der Waals surface area contributed by atoms with Gasteiger partial charge in [0.2, 0.25) is 0 Å². The van der Waals surface area contributed by atoms with Crippen LogP contribution in [0.15, 0.2) is 0 Å². The Kier molecular flexibility index (Phi) is 3.05. The fourth-order valence-electron chi connectivity index (χ4n) is 1.66. The molecular weight excluding hydrogens is 110 g/mol. The van der Waals surface area contributed by atoms with E-state index in [1.54, 1.807) is 0 Å². The second-order valence-corrected chi connectivity index (χ2v) is 3.07. The smallest absolute Gasteiger partial charge is 0.0859 e. The van der Waals surface area contributed by atoms with Gasteiger partial charge in [-0.05, 0) is 25.7 Å². The van der Waals surface area contributed by atoms with Crippen LogP contribution < -0.4 is 5.32 Å². The van der Waals surface area contributed by atoms with Gasteiger partial charge in [-0.3, -0.25) is 0 Å². The third-order valence-electron chi connectivity index (χ3n) is 2.19. The van der Waals surface area contributed by atoms with E-state index in [9.17, 15) is 0 Å². The van der Waals surface area contributed by atoms with Crippen LogP contribution in [0.1, 0.15) is 39.0 Å². The summed E-state index contributed by atoms with van der Waals surface area (Å²) in [5.74, 6) is 0. The normalized spacial score (nSPS) is 28.3. The quantitative estimate of drug-likeness (QED) is 0.569. The van der Waals surface area contributed by atoms with E-state index in [-0.39, 0.29) is 0 Å². The first-order valence-electron chi connectivity index (χ1n) is 4.27. The Labute approximate surface area is 57.8 Å². The second kappa shape index (κ2) is 3.89. The van der Waals surface area contributed by atoms with Crippen molar-refractivity contribution in [1.29, 1.82) is 0 Å². The van der Waals surface area contributed by atoms with Crippen LogP contribution in [-0.2, 0) is 0 Å². The molecule has 1 atom stereocenters. The van der Waals surface area contributed by atoms with Gasteiger partial charge >= 0.3 is 0 Å². The molecule has 1 heteroatoms. The van der Waals surface area contributed by atoms with E-state index in [0.29, 0.717) is 0 Å². The van der Waals surface area contributed by atoms with Gasteiger partial charge in [-0.1, -0.05) is 13.3 Å². The van der Waals surface area contributed by atoms with Crippen molar-refractivity contribution in [3.8, 4) is 0 Å². The molecule has 0 radical (unpaired) electrons. The van der Waals surface area contributed by atoms with Crippen LogP contribution in [-0.4, -0.2) is 12.6 Å². The monoisotopic (exact) mass is 128 g/mol. The molecule has 2 N–H and O–H groups in total.